The van der Waals surface area contributed by atoms with Gasteiger partial charge in [-0.3, -0.25) is 4.79 Å². The first-order chi connectivity index (χ1) is 12.2. The third-order valence-electron chi connectivity index (χ3n) is 4.51. The van der Waals surface area contributed by atoms with E-state index < -0.39 is 28.5 Å². The molecule has 0 unspecified atom stereocenters. The zero-order valence-corrected chi connectivity index (χ0v) is 15.7. The Balaban J connectivity index is 2.01. The van der Waals surface area contributed by atoms with E-state index in [1.165, 1.54) is 19.2 Å². The van der Waals surface area contributed by atoms with Crippen LogP contribution < -0.4 is 15.2 Å². The second-order valence-electron chi connectivity index (χ2n) is 6.42. The van der Waals surface area contributed by atoms with E-state index in [-0.39, 0.29) is 22.3 Å². The number of benzene rings is 1. The molecule has 0 aliphatic heterocycles. The first kappa shape index (κ1) is 20.2. The summed E-state index contributed by atoms with van der Waals surface area (Å²) in [6.07, 6.45) is 4.18. The summed E-state index contributed by atoms with van der Waals surface area (Å²) < 4.78 is 32.9. The maximum absolute atomic E-state index is 12.2. The molecule has 1 aliphatic carbocycles. The molecule has 8 nitrogen and oxygen atoms in total. The molecule has 9 heteroatoms. The molecule has 2 rings (SSSR count). The summed E-state index contributed by atoms with van der Waals surface area (Å²) in [5.74, 6) is -0.739. The Kier molecular flexibility index (Phi) is 6.60. The lowest BCUT2D eigenvalue weighted by Gasteiger charge is -2.29. The molecule has 2 atom stereocenters. The quantitative estimate of drug-likeness (QED) is 0.710. The number of ether oxygens (including phenoxy) is 2. The molecule has 26 heavy (non-hydrogen) atoms. The van der Waals surface area contributed by atoms with Crippen molar-refractivity contribution in [2.24, 2.45) is 11.1 Å². The van der Waals surface area contributed by atoms with Crippen LogP contribution in [-0.2, 0) is 19.6 Å². The molecule has 1 aliphatic rings. The average Bonchev–Trinajstić information content (AvgIpc) is 2.60. The average molecular weight is 384 g/mol. The zero-order valence-electron chi connectivity index (χ0n) is 14.9. The van der Waals surface area contributed by atoms with E-state index in [0.717, 1.165) is 31.7 Å². The summed E-state index contributed by atoms with van der Waals surface area (Å²) in [5, 5.41) is 7.95. The highest BCUT2D eigenvalue weighted by molar-refractivity contribution is 7.89. The molecule has 0 spiro atoms. The molecule has 3 N–H and O–H groups in total. The fourth-order valence-electron chi connectivity index (χ4n) is 3.01. The second-order valence-corrected chi connectivity index (χ2v) is 7.98. The fourth-order valence-corrected chi connectivity index (χ4v) is 3.55. The van der Waals surface area contributed by atoms with Crippen molar-refractivity contribution < 1.29 is 27.5 Å². The van der Waals surface area contributed by atoms with Gasteiger partial charge in [-0.05, 0) is 37.0 Å². The summed E-state index contributed by atoms with van der Waals surface area (Å²) >= 11 is 0. The minimum absolute atomic E-state index is 0.0789. The molecular formula is C17H24N2O6S. The van der Waals surface area contributed by atoms with Crippen LogP contribution in [0.25, 0.3) is 0 Å². The van der Waals surface area contributed by atoms with E-state index in [4.69, 9.17) is 14.6 Å². The van der Waals surface area contributed by atoms with Gasteiger partial charge >= 0.3 is 5.97 Å². The number of hydrogen-bond acceptors (Lipinski definition) is 6. The number of nitrogens with one attached hydrogen (secondary N) is 1. The number of primary sulfonamides is 1. The Bertz CT molecular complexity index is 777. The van der Waals surface area contributed by atoms with Crippen molar-refractivity contribution in [3.05, 3.63) is 23.8 Å². The highest BCUT2D eigenvalue weighted by atomic mass is 32.2. The Labute approximate surface area is 153 Å². The molecule has 0 heterocycles. The summed E-state index contributed by atoms with van der Waals surface area (Å²) in [5.41, 5.74) is -0.113. The minimum Gasteiger partial charge on any atom is -0.496 e. The summed E-state index contributed by atoms with van der Waals surface area (Å²) in [4.78, 5) is 24.0. The number of sulfonamides is 1. The highest BCUT2D eigenvalue weighted by Gasteiger charge is 2.24. The van der Waals surface area contributed by atoms with Crippen molar-refractivity contribution in [3.8, 4) is 5.75 Å². The normalized spacial score (nSPS) is 20.3. The predicted molar refractivity (Wildman–Crippen MR) is 94.2 cm³/mol. The zero-order chi connectivity index (χ0) is 19.3. The smallest absolute Gasteiger partial charge is 0.342 e. The number of hydrogen-bond donors (Lipinski definition) is 2. The van der Waals surface area contributed by atoms with Gasteiger partial charge in [-0.25, -0.2) is 18.4 Å². The van der Waals surface area contributed by atoms with Crippen LogP contribution in [0.15, 0.2) is 23.1 Å². The van der Waals surface area contributed by atoms with E-state index in [1.807, 2.05) is 0 Å². The number of rotatable bonds is 6. The van der Waals surface area contributed by atoms with Gasteiger partial charge in [-0.1, -0.05) is 19.8 Å². The molecule has 1 saturated carbocycles. The van der Waals surface area contributed by atoms with Gasteiger partial charge in [0.15, 0.2) is 6.61 Å². The van der Waals surface area contributed by atoms with Crippen LogP contribution in [0.2, 0.25) is 0 Å². The number of carbonyl (C=O) groups excluding carboxylic acids is 2. The van der Waals surface area contributed by atoms with E-state index in [1.54, 1.807) is 0 Å². The number of carbonyl (C=O) groups is 2. The van der Waals surface area contributed by atoms with E-state index >= 15 is 0 Å². The summed E-state index contributed by atoms with van der Waals surface area (Å²) in [7, 11) is -2.65. The van der Waals surface area contributed by atoms with Crippen LogP contribution in [0.1, 0.15) is 43.0 Å². The maximum atomic E-state index is 12.2. The van der Waals surface area contributed by atoms with Crippen LogP contribution in [0, 0.1) is 5.92 Å². The second kappa shape index (κ2) is 8.50. The van der Waals surface area contributed by atoms with Gasteiger partial charge in [-0.15, -0.1) is 0 Å². The molecule has 144 valence electrons. The molecule has 0 bridgehead atoms. The molecule has 1 aromatic rings. The van der Waals surface area contributed by atoms with Crippen molar-refractivity contribution in [2.45, 2.75) is 43.5 Å². The minimum atomic E-state index is -3.98. The first-order valence-corrected chi connectivity index (χ1v) is 9.94. The van der Waals surface area contributed by atoms with Gasteiger partial charge in [0, 0.05) is 6.04 Å². The van der Waals surface area contributed by atoms with Crippen molar-refractivity contribution >= 4 is 21.9 Å². The monoisotopic (exact) mass is 384 g/mol. The Morgan fingerprint density at radius 3 is 2.58 bits per heavy atom. The van der Waals surface area contributed by atoms with Gasteiger partial charge in [0.1, 0.15) is 11.3 Å². The van der Waals surface area contributed by atoms with Crippen molar-refractivity contribution in [3.63, 3.8) is 0 Å². The number of methoxy groups -OCH3 is 1. The predicted octanol–water partition coefficient (Wildman–Crippen LogP) is 1.19. The van der Waals surface area contributed by atoms with Crippen molar-refractivity contribution in [1.82, 2.24) is 5.32 Å². The van der Waals surface area contributed by atoms with Gasteiger partial charge in [0.2, 0.25) is 10.0 Å². The van der Waals surface area contributed by atoms with Crippen LogP contribution in [0.4, 0.5) is 0 Å². The standard InChI is InChI=1S/C17H24N2O6S/c1-11-5-3-4-6-14(11)19-16(20)10-25-17(21)13-9-12(26(18,22)23)7-8-15(13)24-2/h7-9,11,14H,3-6,10H2,1-2H3,(H,19,20)(H2,18,22,23)/t11-,14-/m0/s1. The third kappa shape index (κ3) is 5.18. The Morgan fingerprint density at radius 2 is 1.96 bits per heavy atom. The Morgan fingerprint density at radius 1 is 1.27 bits per heavy atom. The van der Waals surface area contributed by atoms with Crippen LogP contribution in [0.3, 0.4) is 0 Å². The van der Waals surface area contributed by atoms with Crippen molar-refractivity contribution in [1.29, 1.82) is 0 Å². The first-order valence-electron chi connectivity index (χ1n) is 8.39. The molecule has 1 amide bonds. The lowest BCUT2D eigenvalue weighted by atomic mass is 9.86. The Hall–Kier alpha value is -2.13. The molecular weight excluding hydrogens is 360 g/mol. The topological polar surface area (TPSA) is 125 Å². The highest BCUT2D eigenvalue weighted by Crippen LogP contribution is 2.24. The fraction of sp³-hybridized carbons (Fsp3) is 0.529. The van der Waals surface area contributed by atoms with Gasteiger partial charge in [0.25, 0.3) is 5.91 Å². The third-order valence-corrected chi connectivity index (χ3v) is 5.42. The van der Waals surface area contributed by atoms with Crippen LogP contribution in [0.5, 0.6) is 5.75 Å². The molecule has 0 radical (unpaired) electrons. The SMILES string of the molecule is COc1ccc(S(N)(=O)=O)cc1C(=O)OCC(=O)N[C@H]1CCCC[C@@H]1C. The van der Waals surface area contributed by atoms with Crippen LogP contribution >= 0.6 is 0 Å². The molecule has 1 aromatic carbocycles. The maximum Gasteiger partial charge on any atom is 0.342 e. The van der Waals surface area contributed by atoms with Gasteiger partial charge < -0.3 is 14.8 Å². The summed E-state index contributed by atoms with van der Waals surface area (Å²) in [6, 6.07) is 3.68. The van der Waals surface area contributed by atoms with E-state index in [2.05, 4.69) is 12.2 Å². The lowest BCUT2D eigenvalue weighted by molar-refractivity contribution is -0.125. The van der Waals surface area contributed by atoms with E-state index in [9.17, 15) is 18.0 Å². The number of amides is 1. The largest absolute Gasteiger partial charge is 0.496 e. The molecule has 0 saturated heterocycles. The molecule has 1 fully saturated rings. The van der Waals surface area contributed by atoms with Crippen molar-refractivity contribution in [2.75, 3.05) is 13.7 Å². The van der Waals surface area contributed by atoms with Gasteiger partial charge in [-0.2, -0.15) is 0 Å². The number of esters is 1. The van der Waals surface area contributed by atoms with Gasteiger partial charge in [0.05, 0.1) is 12.0 Å². The van der Waals surface area contributed by atoms with E-state index in [0.29, 0.717) is 5.92 Å². The summed E-state index contributed by atoms with van der Waals surface area (Å²) in [6.45, 7) is 1.63. The molecule has 0 aromatic heterocycles. The number of nitrogens with two attached hydrogens (primary N) is 1. The lowest BCUT2D eigenvalue weighted by Crippen LogP contribution is -2.42. The van der Waals surface area contributed by atoms with Crippen LogP contribution in [-0.4, -0.2) is 40.1 Å².